The molecule has 1 fully saturated rings. The zero-order valence-electron chi connectivity index (χ0n) is 8.68. The third kappa shape index (κ3) is 1.87. The minimum Gasteiger partial charge on any atom is -0.375 e. The molecule has 1 aromatic heterocycles. The second-order valence-corrected chi connectivity index (χ2v) is 3.86. The molecule has 0 N–H and O–H groups in total. The Morgan fingerprint density at radius 1 is 1.50 bits per heavy atom. The largest absolute Gasteiger partial charge is 0.375 e. The molecule has 0 bridgehead atoms. The SMILES string of the molecule is CC1CN(c2cccnc2)C(C)CO1. The Hall–Kier alpha value is -1.09. The fourth-order valence-electron chi connectivity index (χ4n) is 1.79. The van der Waals surface area contributed by atoms with Gasteiger partial charge in [-0.15, -0.1) is 0 Å². The molecule has 3 nitrogen and oxygen atoms in total. The van der Waals surface area contributed by atoms with E-state index < -0.39 is 0 Å². The summed E-state index contributed by atoms with van der Waals surface area (Å²) in [5.74, 6) is 0. The first kappa shape index (κ1) is 9.46. The van der Waals surface area contributed by atoms with Crippen molar-refractivity contribution in [1.29, 1.82) is 0 Å². The zero-order chi connectivity index (χ0) is 9.97. The minimum atomic E-state index is 0.311. The summed E-state index contributed by atoms with van der Waals surface area (Å²) in [6, 6.07) is 4.51. The summed E-state index contributed by atoms with van der Waals surface area (Å²) in [4.78, 5) is 6.49. The molecule has 76 valence electrons. The lowest BCUT2D eigenvalue weighted by Gasteiger charge is -2.38. The van der Waals surface area contributed by atoms with E-state index in [0.717, 1.165) is 13.2 Å². The molecule has 0 aromatic carbocycles. The highest BCUT2D eigenvalue weighted by molar-refractivity contribution is 5.45. The fraction of sp³-hybridized carbons (Fsp3) is 0.545. The molecule has 14 heavy (non-hydrogen) atoms. The monoisotopic (exact) mass is 192 g/mol. The van der Waals surface area contributed by atoms with Gasteiger partial charge in [0.1, 0.15) is 0 Å². The van der Waals surface area contributed by atoms with Crippen molar-refractivity contribution in [3.8, 4) is 0 Å². The zero-order valence-corrected chi connectivity index (χ0v) is 8.68. The lowest BCUT2D eigenvalue weighted by molar-refractivity contribution is 0.0343. The maximum Gasteiger partial charge on any atom is 0.0723 e. The Bertz CT molecular complexity index is 289. The van der Waals surface area contributed by atoms with Gasteiger partial charge in [0.05, 0.1) is 24.6 Å². The maximum atomic E-state index is 5.58. The molecule has 0 aliphatic carbocycles. The van der Waals surface area contributed by atoms with Gasteiger partial charge in [0.2, 0.25) is 0 Å². The minimum absolute atomic E-state index is 0.311. The number of hydrogen-bond acceptors (Lipinski definition) is 3. The standard InChI is InChI=1S/C11H16N2O/c1-9-8-14-10(2)7-13(9)11-4-3-5-12-6-11/h3-6,9-10H,7-8H2,1-2H3. The predicted molar refractivity (Wildman–Crippen MR) is 56.5 cm³/mol. The quantitative estimate of drug-likeness (QED) is 0.677. The fourth-order valence-corrected chi connectivity index (χ4v) is 1.79. The first-order chi connectivity index (χ1) is 6.77. The Balaban J connectivity index is 2.16. The molecule has 1 aliphatic heterocycles. The average molecular weight is 192 g/mol. The van der Waals surface area contributed by atoms with Gasteiger partial charge in [0.15, 0.2) is 0 Å². The molecule has 3 heteroatoms. The summed E-state index contributed by atoms with van der Waals surface area (Å²) < 4.78 is 5.58. The summed E-state index contributed by atoms with van der Waals surface area (Å²) >= 11 is 0. The van der Waals surface area contributed by atoms with E-state index >= 15 is 0 Å². The van der Waals surface area contributed by atoms with Crippen molar-refractivity contribution in [2.24, 2.45) is 0 Å². The molecule has 0 spiro atoms. The average Bonchev–Trinajstić information content (AvgIpc) is 2.23. The third-order valence-electron chi connectivity index (χ3n) is 2.59. The smallest absolute Gasteiger partial charge is 0.0723 e. The van der Waals surface area contributed by atoms with Crippen LogP contribution in [0.2, 0.25) is 0 Å². The van der Waals surface area contributed by atoms with Crippen molar-refractivity contribution in [2.75, 3.05) is 18.1 Å². The molecule has 0 radical (unpaired) electrons. The summed E-state index contributed by atoms with van der Waals surface area (Å²) in [5.41, 5.74) is 1.19. The molecule has 0 amide bonds. The molecule has 2 atom stereocenters. The number of morpholine rings is 1. The van der Waals surface area contributed by atoms with Gasteiger partial charge in [0.25, 0.3) is 0 Å². The maximum absolute atomic E-state index is 5.58. The van der Waals surface area contributed by atoms with Crippen LogP contribution in [-0.2, 0) is 4.74 Å². The second-order valence-electron chi connectivity index (χ2n) is 3.86. The lowest BCUT2D eigenvalue weighted by Crippen LogP contribution is -2.47. The van der Waals surface area contributed by atoms with E-state index in [-0.39, 0.29) is 0 Å². The van der Waals surface area contributed by atoms with Crippen LogP contribution in [0.4, 0.5) is 5.69 Å². The van der Waals surface area contributed by atoms with Gasteiger partial charge in [0, 0.05) is 18.8 Å². The molecule has 1 saturated heterocycles. The number of nitrogens with zero attached hydrogens (tertiary/aromatic N) is 2. The van der Waals surface area contributed by atoms with Crippen LogP contribution in [-0.4, -0.2) is 30.3 Å². The number of ether oxygens (including phenoxy) is 1. The molecule has 2 unspecified atom stereocenters. The van der Waals surface area contributed by atoms with Gasteiger partial charge in [-0.1, -0.05) is 0 Å². The van der Waals surface area contributed by atoms with Crippen molar-refractivity contribution in [2.45, 2.75) is 26.0 Å². The third-order valence-corrected chi connectivity index (χ3v) is 2.59. The number of pyridine rings is 1. The van der Waals surface area contributed by atoms with Crippen molar-refractivity contribution in [3.05, 3.63) is 24.5 Å². The van der Waals surface area contributed by atoms with Crippen LogP contribution in [0, 0.1) is 0 Å². The van der Waals surface area contributed by atoms with Crippen LogP contribution in [0.25, 0.3) is 0 Å². The molecule has 0 saturated carbocycles. The molecule has 1 aliphatic rings. The number of aromatic nitrogens is 1. The van der Waals surface area contributed by atoms with Crippen LogP contribution in [0.3, 0.4) is 0 Å². The highest BCUT2D eigenvalue weighted by atomic mass is 16.5. The van der Waals surface area contributed by atoms with E-state index in [1.165, 1.54) is 5.69 Å². The summed E-state index contributed by atoms with van der Waals surface area (Å²) in [5, 5.41) is 0. The van der Waals surface area contributed by atoms with E-state index in [9.17, 15) is 0 Å². The first-order valence-corrected chi connectivity index (χ1v) is 5.05. The topological polar surface area (TPSA) is 25.4 Å². The summed E-state index contributed by atoms with van der Waals surface area (Å²) in [7, 11) is 0. The Morgan fingerprint density at radius 3 is 3.07 bits per heavy atom. The van der Waals surface area contributed by atoms with Crippen molar-refractivity contribution < 1.29 is 4.74 Å². The Labute approximate surface area is 84.7 Å². The molecule has 1 aromatic rings. The Morgan fingerprint density at radius 2 is 2.36 bits per heavy atom. The van der Waals surface area contributed by atoms with E-state index in [1.54, 1.807) is 6.20 Å². The number of hydrogen-bond donors (Lipinski definition) is 0. The predicted octanol–water partition coefficient (Wildman–Crippen LogP) is 1.70. The van der Waals surface area contributed by atoms with Crippen LogP contribution in [0.15, 0.2) is 24.5 Å². The number of anilines is 1. The molecule has 2 heterocycles. The summed E-state index contributed by atoms with van der Waals surface area (Å²) in [6.07, 6.45) is 4.03. The lowest BCUT2D eigenvalue weighted by atomic mass is 10.2. The van der Waals surface area contributed by atoms with Gasteiger partial charge in [-0.3, -0.25) is 4.98 Å². The number of rotatable bonds is 1. The normalized spacial score (nSPS) is 27.7. The van der Waals surface area contributed by atoms with Crippen molar-refractivity contribution in [1.82, 2.24) is 4.98 Å². The molecule has 2 rings (SSSR count). The Kier molecular flexibility index (Phi) is 2.68. The van der Waals surface area contributed by atoms with Crippen LogP contribution < -0.4 is 4.90 Å². The van der Waals surface area contributed by atoms with Crippen molar-refractivity contribution in [3.63, 3.8) is 0 Å². The summed E-state index contributed by atoms with van der Waals surface area (Å²) in [6.45, 7) is 6.04. The van der Waals surface area contributed by atoms with Crippen LogP contribution in [0.5, 0.6) is 0 Å². The highest BCUT2D eigenvalue weighted by Gasteiger charge is 2.23. The highest BCUT2D eigenvalue weighted by Crippen LogP contribution is 2.19. The second kappa shape index (κ2) is 3.96. The van der Waals surface area contributed by atoms with Crippen LogP contribution in [0.1, 0.15) is 13.8 Å². The van der Waals surface area contributed by atoms with E-state index in [2.05, 4.69) is 29.8 Å². The van der Waals surface area contributed by atoms with Gasteiger partial charge < -0.3 is 9.64 Å². The van der Waals surface area contributed by atoms with E-state index in [1.807, 2.05) is 12.3 Å². The van der Waals surface area contributed by atoms with Gasteiger partial charge in [-0.2, -0.15) is 0 Å². The first-order valence-electron chi connectivity index (χ1n) is 5.05. The van der Waals surface area contributed by atoms with E-state index in [0.29, 0.717) is 12.1 Å². The molecular formula is C11H16N2O. The van der Waals surface area contributed by atoms with Crippen molar-refractivity contribution >= 4 is 5.69 Å². The van der Waals surface area contributed by atoms with Gasteiger partial charge in [-0.25, -0.2) is 0 Å². The molecular weight excluding hydrogens is 176 g/mol. The van der Waals surface area contributed by atoms with Crippen LogP contribution >= 0.6 is 0 Å². The van der Waals surface area contributed by atoms with E-state index in [4.69, 9.17) is 4.74 Å². The van der Waals surface area contributed by atoms with Gasteiger partial charge in [-0.05, 0) is 26.0 Å². The van der Waals surface area contributed by atoms with Gasteiger partial charge >= 0.3 is 0 Å².